The minimum absolute atomic E-state index is 0.0873. The molecule has 2 heterocycles. The van der Waals surface area contributed by atoms with Gasteiger partial charge in [-0.1, -0.05) is 0 Å². The first-order valence-electron chi connectivity index (χ1n) is 6.66. The highest BCUT2D eigenvalue weighted by atomic mass is 79.9. The molecular weight excluding hydrogens is 306 g/mol. The Labute approximate surface area is 121 Å². The predicted molar refractivity (Wildman–Crippen MR) is 79.7 cm³/mol. The lowest BCUT2D eigenvalue weighted by molar-refractivity contribution is 0.126. The summed E-state index contributed by atoms with van der Waals surface area (Å²) in [4.78, 5) is 2.43. The Balaban J connectivity index is 1.93. The number of hydrogen-bond donors (Lipinski definition) is 3. The van der Waals surface area contributed by atoms with Crippen LogP contribution in [0.5, 0.6) is 0 Å². The molecule has 5 heteroatoms. The zero-order valence-electron chi connectivity index (χ0n) is 10.6. The van der Waals surface area contributed by atoms with Gasteiger partial charge in [0, 0.05) is 22.1 Å². The lowest BCUT2D eigenvalue weighted by Gasteiger charge is -2.39. The summed E-state index contributed by atoms with van der Waals surface area (Å²) in [6, 6.07) is 6.71. The van der Waals surface area contributed by atoms with E-state index in [2.05, 4.69) is 20.8 Å². The van der Waals surface area contributed by atoms with Crippen molar-refractivity contribution in [2.75, 3.05) is 4.90 Å². The number of piperidine rings is 1. The molecule has 0 aromatic heterocycles. The third-order valence-electron chi connectivity index (χ3n) is 4.25. The van der Waals surface area contributed by atoms with Gasteiger partial charge in [0.25, 0.3) is 0 Å². The molecule has 2 aliphatic heterocycles. The summed E-state index contributed by atoms with van der Waals surface area (Å²) >= 11 is 3.59. The molecule has 2 fully saturated rings. The molecule has 0 radical (unpaired) electrons. The van der Waals surface area contributed by atoms with Crippen LogP contribution in [-0.4, -0.2) is 29.1 Å². The van der Waals surface area contributed by atoms with E-state index in [1.165, 1.54) is 0 Å². The number of rotatable bonds is 2. The topological polar surface area (TPSA) is 73.3 Å². The number of anilines is 1. The number of aliphatic hydroxyl groups excluding tert-OH is 1. The van der Waals surface area contributed by atoms with Crippen LogP contribution in [-0.2, 0) is 0 Å². The van der Waals surface area contributed by atoms with Crippen LogP contribution in [0.2, 0.25) is 0 Å². The van der Waals surface area contributed by atoms with Gasteiger partial charge in [-0.2, -0.15) is 0 Å². The molecule has 0 aliphatic carbocycles. The molecule has 2 atom stereocenters. The van der Waals surface area contributed by atoms with E-state index in [0.717, 1.165) is 41.4 Å². The molecule has 1 aromatic carbocycles. The smallest absolute Gasteiger partial charge is 0.122 e. The fourth-order valence-corrected chi connectivity index (χ4v) is 4.01. The second-order valence-corrected chi connectivity index (χ2v) is 6.35. The summed E-state index contributed by atoms with van der Waals surface area (Å²) in [6.07, 6.45) is 3.88. The summed E-state index contributed by atoms with van der Waals surface area (Å²) in [5.74, 6) is 0.0873. The van der Waals surface area contributed by atoms with Gasteiger partial charge < -0.3 is 15.7 Å². The van der Waals surface area contributed by atoms with Gasteiger partial charge in [-0.05, 0) is 59.8 Å². The summed E-state index contributed by atoms with van der Waals surface area (Å²) in [5, 5.41) is 17.3. The van der Waals surface area contributed by atoms with Crippen LogP contribution in [0.15, 0.2) is 22.7 Å². The number of nitrogens with one attached hydrogen (secondary N) is 1. The number of nitrogen functional groups attached to an aromatic ring is 1. The number of nitrogens with two attached hydrogens (primary N) is 1. The molecule has 19 heavy (non-hydrogen) atoms. The molecule has 0 spiro atoms. The van der Waals surface area contributed by atoms with E-state index in [4.69, 9.17) is 11.1 Å². The van der Waals surface area contributed by atoms with Gasteiger partial charge in [-0.3, -0.25) is 5.41 Å². The fraction of sp³-hybridized carbons (Fsp3) is 0.500. The average molecular weight is 324 g/mol. The maximum Gasteiger partial charge on any atom is 0.122 e. The number of fused-ring (bicyclic) bond motifs is 2. The Bertz CT molecular complexity index is 505. The molecule has 2 unspecified atom stereocenters. The second-order valence-electron chi connectivity index (χ2n) is 5.50. The molecule has 0 saturated carbocycles. The third kappa shape index (κ3) is 2.25. The zero-order valence-corrected chi connectivity index (χ0v) is 12.2. The van der Waals surface area contributed by atoms with Crippen LogP contribution in [0.3, 0.4) is 0 Å². The Kier molecular flexibility index (Phi) is 3.27. The number of benzene rings is 1. The highest BCUT2D eigenvalue weighted by Gasteiger charge is 2.40. The van der Waals surface area contributed by atoms with Crippen molar-refractivity contribution in [1.29, 1.82) is 5.41 Å². The standard InChI is InChI=1S/C14H18BrN3O/c15-12-5-8(14(16)17)1-4-13(12)18-9-2-3-10(18)7-11(19)6-9/h1,4-5,9-11,19H,2-3,6-7H2,(H3,16,17). The number of aliphatic hydroxyl groups is 1. The van der Waals surface area contributed by atoms with Crippen molar-refractivity contribution in [2.45, 2.75) is 43.9 Å². The SMILES string of the molecule is N=C(N)c1ccc(N2C3CCC2CC(O)C3)c(Br)c1. The van der Waals surface area contributed by atoms with Crippen molar-refractivity contribution in [3.63, 3.8) is 0 Å². The van der Waals surface area contributed by atoms with Gasteiger partial charge in [0.05, 0.1) is 11.8 Å². The highest BCUT2D eigenvalue weighted by molar-refractivity contribution is 9.10. The van der Waals surface area contributed by atoms with E-state index in [1.54, 1.807) is 0 Å². The monoisotopic (exact) mass is 323 g/mol. The zero-order chi connectivity index (χ0) is 13.6. The molecule has 2 saturated heterocycles. The average Bonchev–Trinajstić information content (AvgIpc) is 2.62. The molecule has 2 aliphatic rings. The Morgan fingerprint density at radius 2 is 1.95 bits per heavy atom. The highest BCUT2D eigenvalue weighted by Crippen LogP contribution is 2.42. The van der Waals surface area contributed by atoms with Crippen LogP contribution < -0.4 is 10.6 Å². The van der Waals surface area contributed by atoms with E-state index < -0.39 is 0 Å². The quantitative estimate of drug-likeness (QED) is 0.577. The summed E-state index contributed by atoms with van der Waals surface area (Å²) in [5.41, 5.74) is 7.41. The van der Waals surface area contributed by atoms with Crippen molar-refractivity contribution >= 4 is 27.5 Å². The van der Waals surface area contributed by atoms with E-state index in [0.29, 0.717) is 12.1 Å². The Hall–Kier alpha value is -1.07. The molecule has 3 rings (SSSR count). The van der Waals surface area contributed by atoms with Gasteiger partial charge in [0.15, 0.2) is 0 Å². The number of nitrogens with zero attached hydrogens (tertiary/aromatic N) is 1. The Morgan fingerprint density at radius 1 is 1.32 bits per heavy atom. The van der Waals surface area contributed by atoms with E-state index in [1.807, 2.05) is 18.2 Å². The first kappa shape index (κ1) is 12.9. The molecule has 4 N–H and O–H groups in total. The number of amidine groups is 1. The maximum absolute atomic E-state index is 9.86. The van der Waals surface area contributed by atoms with Gasteiger partial charge in [0.2, 0.25) is 0 Å². The van der Waals surface area contributed by atoms with Crippen molar-refractivity contribution in [1.82, 2.24) is 0 Å². The molecule has 4 nitrogen and oxygen atoms in total. The van der Waals surface area contributed by atoms with Gasteiger partial charge >= 0.3 is 0 Å². The maximum atomic E-state index is 9.86. The predicted octanol–water partition coefficient (Wildman–Crippen LogP) is 2.23. The number of halogens is 1. The summed E-state index contributed by atoms with van der Waals surface area (Å²) in [6.45, 7) is 0. The van der Waals surface area contributed by atoms with Gasteiger partial charge in [-0.25, -0.2) is 0 Å². The lowest BCUT2D eigenvalue weighted by Crippen LogP contribution is -2.45. The Morgan fingerprint density at radius 3 is 2.47 bits per heavy atom. The van der Waals surface area contributed by atoms with Crippen LogP contribution >= 0.6 is 15.9 Å². The van der Waals surface area contributed by atoms with Crippen LogP contribution in [0.4, 0.5) is 5.69 Å². The van der Waals surface area contributed by atoms with E-state index in [9.17, 15) is 5.11 Å². The van der Waals surface area contributed by atoms with Gasteiger partial charge in [0.1, 0.15) is 5.84 Å². The minimum Gasteiger partial charge on any atom is -0.393 e. The molecule has 2 bridgehead atoms. The minimum atomic E-state index is -0.149. The largest absolute Gasteiger partial charge is 0.393 e. The van der Waals surface area contributed by atoms with Gasteiger partial charge in [-0.15, -0.1) is 0 Å². The number of hydrogen-bond acceptors (Lipinski definition) is 3. The normalized spacial score (nSPS) is 29.6. The fourth-order valence-electron chi connectivity index (χ4n) is 3.43. The van der Waals surface area contributed by atoms with Crippen molar-refractivity contribution in [3.05, 3.63) is 28.2 Å². The molecule has 102 valence electrons. The van der Waals surface area contributed by atoms with Crippen LogP contribution in [0.1, 0.15) is 31.2 Å². The third-order valence-corrected chi connectivity index (χ3v) is 4.88. The van der Waals surface area contributed by atoms with E-state index in [-0.39, 0.29) is 11.9 Å². The lowest BCUT2D eigenvalue weighted by atomic mass is 9.99. The molecular formula is C14H18BrN3O. The first-order chi connectivity index (χ1) is 9.06. The molecule has 1 aromatic rings. The second kappa shape index (κ2) is 4.80. The van der Waals surface area contributed by atoms with Crippen LogP contribution in [0.25, 0.3) is 0 Å². The van der Waals surface area contributed by atoms with Crippen molar-refractivity contribution in [3.8, 4) is 0 Å². The van der Waals surface area contributed by atoms with Crippen LogP contribution in [0, 0.1) is 5.41 Å². The summed E-state index contributed by atoms with van der Waals surface area (Å²) < 4.78 is 0.980. The molecule has 0 amide bonds. The van der Waals surface area contributed by atoms with E-state index >= 15 is 0 Å². The van der Waals surface area contributed by atoms with Crippen molar-refractivity contribution < 1.29 is 5.11 Å². The van der Waals surface area contributed by atoms with Crippen molar-refractivity contribution in [2.24, 2.45) is 5.73 Å². The summed E-state index contributed by atoms with van der Waals surface area (Å²) in [7, 11) is 0. The first-order valence-corrected chi connectivity index (χ1v) is 7.46.